The molecule has 3 aromatic rings. The molecule has 2 atom stereocenters. The van der Waals surface area contributed by atoms with E-state index in [0.717, 1.165) is 22.9 Å². The van der Waals surface area contributed by atoms with Gasteiger partial charge in [-0.1, -0.05) is 60.7 Å². The van der Waals surface area contributed by atoms with Crippen molar-refractivity contribution in [3.8, 4) is 5.75 Å². The van der Waals surface area contributed by atoms with E-state index in [0.29, 0.717) is 24.9 Å². The van der Waals surface area contributed by atoms with Gasteiger partial charge in [0, 0.05) is 19.1 Å². The Labute approximate surface area is 212 Å². The lowest BCUT2D eigenvalue weighted by Gasteiger charge is -2.19. The van der Waals surface area contributed by atoms with Gasteiger partial charge in [-0.3, -0.25) is 9.52 Å². The van der Waals surface area contributed by atoms with Crippen molar-refractivity contribution in [3.63, 3.8) is 0 Å². The summed E-state index contributed by atoms with van der Waals surface area (Å²) >= 11 is 0. The Kier molecular flexibility index (Phi) is 9.46. The molecule has 9 heteroatoms. The Bertz CT molecular complexity index is 1270. The van der Waals surface area contributed by atoms with E-state index >= 15 is 0 Å². The molecule has 0 saturated heterocycles. The molecule has 0 aliphatic heterocycles. The van der Waals surface area contributed by atoms with E-state index in [-0.39, 0.29) is 29.9 Å². The second-order valence-corrected chi connectivity index (χ2v) is 10.7. The van der Waals surface area contributed by atoms with Crippen molar-refractivity contribution in [2.24, 2.45) is 0 Å². The van der Waals surface area contributed by atoms with Gasteiger partial charge in [-0.25, -0.2) is 8.42 Å². The molecule has 0 radical (unpaired) electrons. The fourth-order valence-electron chi connectivity index (χ4n) is 3.81. The highest BCUT2D eigenvalue weighted by Crippen LogP contribution is 2.27. The predicted molar refractivity (Wildman–Crippen MR) is 141 cm³/mol. The molecular formula is C27H33N3O5S. The molecule has 0 heterocycles. The fourth-order valence-corrected chi connectivity index (χ4v) is 4.37. The average molecular weight is 512 g/mol. The van der Waals surface area contributed by atoms with Crippen LogP contribution in [0, 0.1) is 0 Å². The first-order chi connectivity index (χ1) is 17.1. The normalized spacial score (nSPS) is 13.1. The number of carbonyl (C=O) groups is 1. The number of rotatable bonds is 12. The summed E-state index contributed by atoms with van der Waals surface area (Å²) in [5, 5.41) is 26.7. The molecule has 36 heavy (non-hydrogen) atoms. The van der Waals surface area contributed by atoms with Gasteiger partial charge in [0.1, 0.15) is 5.75 Å². The number of carbonyl (C=O) groups excluding carboxylic acids is 1. The summed E-state index contributed by atoms with van der Waals surface area (Å²) in [6.07, 6.45) is 1.09. The summed E-state index contributed by atoms with van der Waals surface area (Å²) in [6.45, 7) is 2.74. The number of nitrogens with one attached hydrogen (secondary N) is 3. The second kappa shape index (κ2) is 12.5. The van der Waals surface area contributed by atoms with Crippen molar-refractivity contribution in [3.05, 3.63) is 95.1 Å². The Hall–Kier alpha value is -3.40. The van der Waals surface area contributed by atoms with Crippen LogP contribution in [0.3, 0.4) is 0 Å². The average Bonchev–Trinajstić information content (AvgIpc) is 2.82. The SMILES string of the molecule is C[C@H](Cc1cccc(CC(=O)NCc2ccccc2)c1)NC[C@H](O)c1ccc(O)c(NS(C)(=O)=O)c1. The van der Waals surface area contributed by atoms with E-state index in [1.165, 1.54) is 12.1 Å². The number of phenolic OH excluding ortho intramolecular Hbond substituents is 1. The molecule has 0 bridgehead atoms. The van der Waals surface area contributed by atoms with Crippen molar-refractivity contribution < 1.29 is 23.4 Å². The molecule has 1 amide bonds. The van der Waals surface area contributed by atoms with Gasteiger partial charge in [0.05, 0.1) is 24.5 Å². The Morgan fingerprint density at radius 2 is 1.64 bits per heavy atom. The highest BCUT2D eigenvalue weighted by molar-refractivity contribution is 7.92. The number of hydrogen-bond donors (Lipinski definition) is 5. The monoisotopic (exact) mass is 511 g/mol. The molecule has 0 spiro atoms. The third kappa shape index (κ3) is 8.99. The van der Waals surface area contributed by atoms with Crippen LogP contribution in [0.2, 0.25) is 0 Å². The van der Waals surface area contributed by atoms with Crippen LogP contribution < -0.4 is 15.4 Å². The van der Waals surface area contributed by atoms with Crippen molar-refractivity contribution in [2.45, 2.75) is 38.5 Å². The number of aliphatic hydroxyl groups is 1. The van der Waals surface area contributed by atoms with Crippen LogP contribution in [-0.2, 0) is 34.2 Å². The van der Waals surface area contributed by atoms with E-state index in [9.17, 15) is 23.4 Å². The zero-order valence-electron chi connectivity index (χ0n) is 20.4. The lowest BCUT2D eigenvalue weighted by atomic mass is 10.0. The smallest absolute Gasteiger partial charge is 0.229 e. The zero-order chi connectivity index (χ0) is 26.1. The van der Waals surface area contributed by atoms with Crippen LogP contribution in [0.15, 0.2) is 72.8 Å². The minimum atomic E-state index is -3.56. The molecule has 0 fully saturated rings. The van der Waals surface area contributed by atoms with Gasteiger partial charge in [0.15, 0.2) is 0 Å². The second-order valence-electron chi connectivity index (χ2n) is 8.94. The summed E-state index contributed by atoms with van der Waals surface area (Å²) in [5.74, 6) is -0.254. The molecule has 8 nitrogen and oxygen atoms in total. The van der Waals surface area contributed by atoms with Crippen molar-refractivity contribution >= 4 is 21.6 Å². The molecule has 0 saturated carbocycles. The van der Waals surface area contributed by atoms with Crippen LogP contribution >= 0.6 is 0 Å². The zero-order valence-corrected chi connectivity index (χ0v) is 21.3. The third-order valence-electron chi connectivity index (χ3n) is 5.59. The summed E-state index contributed by atoms with van der Waals surface area (Å²) < 4.78 is 25.2. The van der Waals surface area contributed by atoms with Gasteiger partial charge >= 0.3 is 0 Å². The number of phenols is 1. The number of anilines is 1. The maximum absolute atomic E-state index is 12.3. The van der Waals surface area contributed by atoms with E-state index in [2.05, 4.69) is 15.4 Å². The van der Waals surface area contributed by atoms with Crippen LogP contribution in [-0.4, -0.2) is 43.4 Å². The summed E-state index contributed by atoms with van der Waals surface area (Å²) in [4.78, 5) is 12.3. The summed E-state index contributed by atoms with van der Waals surface area (Å²) in [7, 11) is -3.56. The Morgan fingerprint density at radius 1 is 0.944 bits per heavy atom. The highest BCUT2D eigenvalue weighted by atomic mass is 32.2. The molecule has 0 aliphatic rings. The predicted octanol–water partition coefficient (Wildman–Crippen LogP) is 2.88. The molecule has 3 aromatic carbocycles. The topological polar surface area (TPSA) is 128 Å². The minimum Gasteiger partial charge on any atom is -0.506 e. The maximum atomic E-state index is 12.3. The van der Waals surface area contributed by atoms with Crippen LogP contribution in [0.1, 0.15) is 35.3 Å². The number of amides is 1. The Balaban J connectivity index is 1.50. The van der Waals surface area contributed by atoms with Crippen LogP contribution in [0.4, 0.5) is 5.69 Å². The first-order valence-electron chi connectivity index (χ1n) is 11.7. The third-order valence-corrected chi connectivity index (χ3v) is 6.18. The lowest BCUT2D eigenvalue weighted by Crippen LogP contribution is -2.32. The number of aromatic hydroxyl groups is 1. The lowest BCUT2D eigenvalue weighted by molar-refractivity contribution is -0.120. The summed E-state index contributed by atoms with van der Waals surface area (Å²) in [5.41, 5.74) is 3.55. The maximum Gasteiger partial charge on any atom is 0.229 e. The molecule has 0 aromatic heterocycles. The molecule has 0 unspecified atom stereocenters. The van der Waals surface area contributed by atoms with E-state index in [4.69, 9.17) is 0 Å². The first-order valence-corrected chi connectivity index (χ1v) is 13.6. The number of aliphatic hydroxyl groups excluding tert-OH is 1. The molecule has 5 N–H and O–H groups in total. The Morgan fingerprint density at radius 3 is 2.36 bits per heavy atom. The quantitative estimate of drug-likeness (QED) is 0.238. The van der Waals surface area contributed by atoms with Gasteiger partial charge in [-0.15, -0.1) is 0 Å². The summed E-state index contributed by atoms with van der Waals surface area (Å²) in [6, 6.07) is 22.0. The number of benzene rings is 3. The highest BCUT2D eigenvalue weighted by Gasteiger charge is 2.14. The van der Waals surface area contributed by atoms with Gasteiger partial charge in [0.2, 0.25) is 15.9 Å². The number of sulfonamides is 1. The van der Waals surface area contributed by atoms with Crippen molar-refractivity contribution in [1.29, 1.82) is 0 Å². The first kappa shape index (κ1) is 27.2. The number of hydrogen-bond acceptors (Lipinski definition) is 6. The van der Waals surface area contributed by atoms with Crippen LogP contribution in [0.25, 0.3) is 0 Å². The van der Waals surface area contributed by atoms with Crippen molar-refractivity contribution in [2.75, 3.05) is 17.5 Å². The molecule has 0 aliphatic carbocycles. The van der Waals surface area contributed by atoms with Crippen molar-refractivity contribution in [1.82, 2.24) is 10.6 Å². The molecular weight excluding hydrogens is 478 g/mol. The van der Waals surface area contributed by atoms with Gasteiger partial charge in [0.25, 0.3) is 0 Å². The van der Waals surface area contributed by atoms with Gasteiger partial charge in [-0.05, 0) is 47.7 Å². The molecule has 3 rings (SSSR count). The van der Waals surface area contributed by atoms with E-state index in [1.54, 1.807) is 6.07 Å². The minimum absolute atomic E-state index is 0.0201. The molecule has 192 valence electrons. The standard InChI is InChI=1S/C27H33N3O5S/c1-19(28-18-26(32)23-11-12-25(31)24(16-23)30-36(2,34)35)13-21-9-6-10-22(14-21)15-27(33)29-17-20-7-4-3-5-8-20/h3-12,14,16,19,26,28,30-32H,13,15,17-18H2,1-2H3,(H,29,33)/t19-,26+/m1/s1. The fraction of sp³-hybridized carbons (Fsp3) is 0.296. The van der Waals surface area contributed by atoms with Gasteiger partial charge in [-0.2, -0.15) is 0 Å². The van der Waals surface area contributed by atoms with E-state index in [1.807, 2.05) is 61.5 Å². The van der Waals surface area contributed by atoms with E-state index < -0.39 is 16.1 Å². The van der Waals surface area contributed by atoms with Crippen LogP contribution in [0.5, 0.6) is 5.75 Å². The largest absolute Gasteiger partial charge is 0.506 e. The van der Waals surface area contributed by atoms with Gasteiger partial charge < -0.3 is 20.8 Å².